The minimum Gasteiger partial charge on any atom is -0.493 e. The van der Waals surface area contributed by atoms with E-state index in [4.69, 9.17) is 10.5 Å². The van der Waals surface area contributed by atoms with Gasteiger partial charge in [0.1, 0.15) is 5.75 Å². The normalized spacial score (nSPS) is 24.3. The summed E-state index contributed by atoms with van der Waals surface area (Å²) >= 11 is 2.10. The van der Waals surface area contributed by atoms with Crippen LogP contribution < -0.4 is 10.5 Å². The number of nitrogens with zero attached hydrogens (tertiary/aromatic N) is 1. The van der Waals surface area contributed by atoms with E-state index in [1.54, 1.807) is 0 Å². The predicted molar refractivity (Wildman–Crippen MR) is 83.9 cm³/mol. The molecule has 1 aliphatic heterocycles. The second kappa shape index (κ2) is 7.06. The molecule has 1 heterocycles. The highest BCUT2D eigenvalue weighted by atomic mass is 32.2. The van der Waals surface area contributed by atoms with Crippen molar-refractivity contribution < 1.29 is 4.74 Å². The van der Waals surface area contributed by atoms with Crippen molar-refractivity contribution in [2.75, 3.05) is 32.0 Å². The first-order valence-corrected chi connectivity index (χ1v) is 7.94. The summed E-state index contributed by atoms with van der Waals surface area (Å²) in [6.45, 7) is 8.92. The van der Waals surface area contributed by atoms with Crippen LogP contribution >= 0.6 is 11.8 Å². The summed E-state index contributed by atoms with van der Waals surface area (Å²) in [6, 6.07) is 7.64. The van der Waals surface area contributed by atoms with Crippen LogP contribution in [0.1, 0.15) is 20.3 Å². The first-order valence-electron chi connectivity index (χ1n) is 6.99. The van der Waals surface area contributed by atoms with E-state index in [1.165, 1.54) is 13.1 Å². The molecule has 106 valence electrons. The fourth-order valence-electron chi connectivity index (χ4n) is 2.55. The molecule has 2 N–H and O–H groups in total. The van der Waals surface area contributed by atoms with Gasteiger partial charge in [-0.05, 0) is 18.6 Å². The molecule has 1 aliphatic rings. The number of ether oxygens (including phenoxy) is 1. The largest absolute Gasteiger partial charge is 0.493 e. The highest BCUT2D eigenvalue weighted by Crippen LogP contribution is 2.24. The summed E-state index contributed by atoms with van der Waals surface area (Å²) < 4.78 is 5.72. The van der Waals surface area contributed by atoms with E-state index in [-0.39, 0.29) is 0 Å². The molecule has 0 aliphatic carbocycles. The highest BCUT2D eigenvalue weighted by molar-refractivity contribution is 8.00. The quantitative estimate of drug-likeness (QED) is 0.665. The van der Waals surface area contributed by atoms with Crippen LogP contribution in [0.5, 0.6) is 5.75 Å². The van der Waals surface area contributed by atoms with Gasteiger partial charge in [-0.15, -0.1) is 0 Å². The zero-order valence-electron chi connectivity index (χ0n) is 11.8. The van der Waals surface area contributed by atoms with Gasteiger partial charge in [-0.1, -0.05) is 19.9 Å². The molecule has 2 unspecified atom stereocenters. The van der Waals surface area contributed by atoms with Crippen LogP contribution in [0.25, 0.3) is 0 Å². The SMILES string of the molecule is CC1CN(CCCOc2cccc(N)c2)CC(C)S1. The first-order chi connectivity index (χ1) is 9.13. The van der Waals surface area contributed by atoms with Crippen molar-refractivity contribution in [1.29, 1.82) is 0 Å². The van der Waals surface area contributed by atoms with Gasteiger partial charge in [-0.3, -0.25) is 0 Å². The highest BCUT2D eigenvalue weighted by Gasteiger charge is 2.21. The van der Waals surface area contributed by atoms with Crippen molar-refractivity contribution in [3.63, 3.8) is 0 Å². The van der Waals surface area contributed by atoms with E-state index >= 15 is 0 Å². The minimum absolute atomic E-state index is 0.749. The first kappa shape index (κ1) is 14.5. The molecule has 1 fully saturated rings. The lowest BCUT2D eigenvalue weighted by molar-refractivity contribution is 0.232. The van der Waals surface area contributed by atoms with Crippen molar-refractivity contribution >= 4 is 17.4 Å². The maximum absolute atomic E-state index is 5.72. The summed E-state index contributed by atoms with van der Waals surface area (Å²) in [7, 11) is 0. The molecule has 0 spiro atoms. The van der Waals surface area contributed by atoms with E-state index in [2.05, 4.69) is 30.5 Å². The summed E-state index contributed by atoms with van der Waals surface area (Å²) in [5.41, 5.74) is 6.48. The van der Waals surface area contributed by atoms with Crippen LogP contribution in [0, 0.1) is 0 Å². The molecule has 2 rings (SSSR count). The number of nitrogens with two attached hydrogens (primary N) is 1. The van der Waals surface area contributed by atoms with Crippen LogP contribution in [-0.2, 0) is 0 Å². The molecular weight excluding hydrogens is 256 g/mol. The van der Waals surface area contributed by atoms with E-state index in [9.17, 15) is 0 Å². The monoisotopic (exact) mass is 280 g/mol. The molecule has 0 aromatic heterocycles. The third kappa shape index (κ3) is 4.96. The van der Waals surface area contributed by atoms with E-state index in [1.807, 2.05) is 24.3 Å². The molecule has 2 atom stereocenters. The molecule has 0 radical (unpaired) electrons. The summed E-state index contributed by atoms with van der Waals surface area (Å²) in [6.07, 6.45) is 1.07. The van der Waals surface area contributed by atoms with Crippen LogP contribution in [0.2, 0.25) is 0 Å². The number of nitrogen functional groups attached to an aromatic ring is 1. The molecule has 4 heteroatoms. The molecule has 1 aromatic carbocycles. The zero-order valence-corrected chi connectivity index (χ0v) is 12.7. The van der Waals surface area contributed by atoms with Crippen molar-refractivity contribution in [2.45, 2.75) is 30.8 Å². The molecule has 0 saturated carbocycles. The molecule has 0 amide bonds. The van der Waals surface area contributed by atoms with Gasteiger partial charge in [0.25, 0.3) is 0 Å². The lowest BCUT2D eigenvalue weighted by Crippen LogP contribution is -2.41. The summed E-state index contributed by atoms with van der Waals surface area (Å²) in [5.74, 6) is 0.871. The second-order valence-corrected chi connectivity index (χ2v) is 7.17. The van der Waals surface area contributed by atoms with Gasteiger partial charge in [-0.2, -0.15) is 11.8 Å². The van der Waals surface area contributed by atoms with Gasteiger partial charge in [0, 0.05) is 41.9 Å². The molecule has 3 nitrogen and oxygen atoms in total. The Labute approximate surface area is 120 Å². The smallest absolute Gasteiger partial charge is 0.121 e. The Morgan fingerprint density at radius 1 is 1.32 bits per heavy atom. The number of rotatable bonds is 5. The average Bonchev–Trinajstić information content (AvgIpc) is 2.34. The fourth-order valence-corrected chi connectivity index (χ4v) is 3.94. The van der Waals surface area contributed by atoms with Crippen molar-refractivity contribution in [3.05, 3.63) is 24.3 Å². The lowest BCUT2D eigenvalue weighted by atomic mass is 10.3. The Hall–Kier alpha value is -0.870. The Bertz CT molecular complexity index is 389. The number of hydrogen-bond donors (Lipinski definition) is 1. The number of anilines is 1. The zero-order chi connectivity index (χ0) is 13.7. The maximum Gasteiger partial charge on any atom is 0.121 e. The van der Waals surface area contributed by atoms with Gasteiger partial charge in [-0.25, -0.2) is 0 Å². The average molecular weight is 280 g/mol. The van der Waals surface area contributed by atoms with Crippen molar-refractivity contribution in [1.82, 2.24) is 4.90 Å². The van der Waals surface area contributed by atoms with Crippen molar-refractivity contribution in [2.24, 2.45) is 0 Å². The van der Waals surface area contributed by atoms with Gasteiger partial charge >= 0.3 is 0 Å². The summed E-state index contributed by atoms with van der Waals surface area (Å²) in [4.78, 5) is 2.55. The van der Waals surface area contributed by atoms with E-state index in [0.717, 1.165) is 41.5 Å². The van der Waals surface area contributed by atoms with Gasteiger partial charge in [0.2, 0.25) is 0 Å². The molecule has 1 saturated heterocycles. The topological polar surface area (TPSA) is 38.5 Å². The lowest BCUT2D eigenvalue weighted by Gasteiger charge is -2.34. The molecule has 1 aromatic rings. The van der Waals surface area contributed by atoms with Crippen LogP contribution in [-0.4, -0.2) is 41.6 Å². The number of hydrogen-bond acceptors (Lipinski definition) is 4. The third-order valence-corrected chi connectivity index (χ3v) is 4.47. The van der Waals surface area contributed by atoms with Crippen molar-refractivity contribution in [3.8, 4) is 5.75 Å². The third-order valence-electron chi connectivity index (χ3n) is 3.24. The molecular formula is C15H24N2OS. The van der Waals surface area contributed by atoms with Crippen LogP contribution in [0.4, 0.5) is 5.69 Å². The Morgan fingerprint density at radius 2 is 2.05 bits per heavy atom. The fraction of sp³-hybridized carbons (Fsp3) is 0.600. The second-order valence-electron chi connectivity index (χ2n) is 5.29. The van der Waals surface area contributed by atoms with Gasteiger partial charge < -0.3 is 15.4 Å². The Kier molecular flexibility index (Phi) is 5.40. The standard InChI is InChI=1S/C15H24N2OS/c1-12-10-17(11-13(2)19-12)7-4-8-18-15-6-3-5-14(16)9-15/h3,5-6,9,12-13H,4,7-8,10-11,16H2,1-2H3. The minimum atomic E-state index is 0.749. The predicted octanol–water partition coefficient (Wildman–Crippen LogP) is 2.86. The van der Waals surface area contributed by atoms with Crippen LogP contribution in [0.15, 0.2) is 24.3 Å². The maximum atomic E-state index is 5.72. The summed E-state index contributed by atoms with van der Waals surface area (Å²) in [5, 5.41) is 1.50. The number of thioether (sulfide) groups is 1. The van der Waals surface area contributed by atoms with E-state index < -0.39 is 0 Å². The Balaban J connectivity index is 1.66. The number of benzene rings is 1. The molecule has 19 heavy (non-hydrogen) atoms. The Morgan fingerprint density at radius 3 is 2.74 bits per heavy atom. The molecule has 0 bridgehead atoms. The van der Waals surface area contributed by atoms with Gasteiger partial charge in [0.05, 0.1) is 6.61 Å². The van der Waals surface area contributed by atoms with E-state index in [0.29, 0.717) is 0 Å². The van der Waals surface area contributed by atoms with Crippen LogP contribution in [0.3, 0.4) is 0 Å². The van der Waals surface area contributed by atoms with Gasteiger partial charge in [0.15, 0.2) is 0 Å².